The van der Waals surface area contributed by atoms with Crippen molar-refractivity contribution in [2.75, 3.05) is 12.0 Å². The van der Waals surface area contributed by atoms with Crippen LogP contribution in [0.3, 0.4) is 0 Å². The van der Waals surface area contributed by atoms with Crippen LogP contribution in [0.15, 0.2) is 27.9 Å². The van der Waals surface area contributed by atoms with Crippen molar-refractivity contribution in [1.82, 2.24) is 4.98 Å². The van der Waals surface area contributed by atoms with Gasteiger partial charge in [-0.25, -0.2) is 0 Å². The van der Waals surface area contributed by atoms with Gasteiger partial charge >= 0.3 is 5.56 Å². The summed E-state index contributed by atoms with van der Waals surface area (Å²) in [6.07, 6.45) is 1.95. The van der Waals surface area contributed by atoms with Gasteiger partial charge in [-0.05, 0) is 25.1 Å². The molecular formula is C12H13ClNO2S+. The standard InChI is InChI=1S/C12H12ClNO2S/c1-3-17(2)11-10(15)8-6-7(13)4-5-9(8)14-12(11)16/h4-6H,3H2,1-2H3,(H-,14,15,16)/p+1. The second kappa shape index (κ2) is 4.63. The number of fused-ring (bicyclic) bond motifs is 1. The molecule has 0 fully saturated rings. The number of aromatic nitrogens is 1. The van der Waals surface area contributed by atoms with Gasteiger partial charge in [0, 0.05) is 21.3 Å². The van der Waals surface area contributed by atoms with E-state index in [4.69, 9.17) is 11.6 Å². The van der Waals surface area contributed by atoms with Crippen LogP contribution in [0.1, 0.15) is 6.92 Å². The predicted molar refractivity (Wildman–Crippen MR) is 73.3 cm³/mol. The largest absolute Gasteiger partial charge is 0.503 e. The summed E-state index contributed by atoms with van der Waals surface area (Å²) in [6, 6.07) is 5.05. The summed E-state index contributed by atoms with van der Waals surface area (Å²) in [5.41, 5.74) is 0.388. The number of hydrogen-bond donors (Lipinski definition) is 2. The van der Waals surface area contributed by atoms with Crippen molar-refractivity contribution in [2.24, 2.45) is 0 Å². The number of nitrogens with one attached hydrogen (secondary N) is 1. The first-order valence-corrected chi connectivity index (χ1v) is 7.39. The highest BCUT2D eigenvalue weighted by molar-refractivity contribution is 7.96. The van der Waals surface area contributed by atoms with E-state index in [0.29, 0.717) is 20.8 Å². The Bertz CT molecular complexity index is 624. The van der Waals surface area contributed by atoms with Gasteiger partial charge in [0.1, 0.15) is 12.0 Å². The molecule has 1 unspecified atom stereocenters. The Morgan fingerprint density at radius 3 is 2.82 bits per heavy atom. The summed E-state index contributed by atoms with van der Waals surface area (Å²) >= 11 is 5.90. The molecular weight excluding hydrogens is 258 g/mol. The summed E-state index contributed by atoms with van der Waals surface area (Å²) in [6.45, 7) is 1.99. The van der Waals surface area contributed by atoms with E-state index in [-0.39, 0.29) is 22.2 Å². The van der Waals surface area contributed by atoms with Crippen LogP contribution in [0.4, 0.5) is 0 Å². The number of rotatable bonds is 2. The van der Waals surface area contributed by atoms with Crippen molar-refractivity contribution < 1.29 is 5.11 Å². The number of pyridine rings is 1. The SMILES string of the molecule is CC[S+](C)c1c(O)c2cc(Cl)ccc2[nH]c1=O. The fraction of sp³-hybridized carbons (Fsp3) is 0.250. The summed E-state index contributed by atoms with van der Waals surface area (Å²) in [7, 11) is -0.263. The van der Waals surface area contributed by atoms with Crippen molar-refractivity contribution in [2.45, 2.75) is 11.8 Å². The lowest BCUT2D eigenvalue weighted by atomic mass is 10.2. The van der Waals surface area contributed by atoms with E-state index < -0.39 is 0 Å². The quantitative estimate of drug-likeness (QED) is 0.824. The van der Waals surface area contributed by atoms with Crippen LogP contribution in [-0.4, -0.2) is 22.1 Å². The Kier molecular flexibility index (Phi) is 3.35. The van der Waals surface area contributed by atoms with Gasteiger partial charge in [-0.2, -0.15) is 0 Å². The highest BCUT2D eigenvalue weighted by Crippen LogP contribution is 2.30. The van der Waals surface area contributed by atoms with Crippen LogP contribution in [0.25, 0.3) is 10.9 Å². The van der Waals surface area contributed by atoms with Gasteiger partial charge in [0.25, 0.3) is 4.90 Å². The zero-order chi connectivity index (χ0) is 12.6. The van der Waals surface area contributed by atoms with Crippen LogP contribution in [-0.2, 0) is 10.9 Å². The van der Waals surface area contributed by atoms with E-state index in [9.17, 15) is 9.90 Å². The Morgan fingerprint density at radius 2 is 2.18 bits per heavy atom. The van der Waals surface area contributed by atoms with Gasteiger partial charge in [-0.15, -0.1) is 0 Å². The first-order valence-electron chi connectivity index (χ1n) is 5.21. The molecule has 0 aliphatic carbocycles. The number of halogens is 1. The third-order valence-corrected chi connectivity index (χ3v) is 4.86. The molecule has 0 aliphatic rings. The minimum atomic E-state index is -0.263. The molecule has 1 aromatic heterocycles. The molecule has 0 saturated heterocycles. The predicted octanol–water partition coefficient (Wildman–Crippen LogP) is 2.51. The van der Waals surface area contributed by atoms with Crippen LogP contribution in [0.2, 0.25) is 5.02 Å². The first kappa shape index (κ1) is 12.3. The maximum atomic E-state index is 11.9. The van der Waals surface area contributed by atoms with Crippen LogP contribution in [0, 0.1) is 0 Å². The zero-order valence-corrected chi connectivity index (χ0v) is 11.2. The molecule has 0 spiro atoms. The minimum Gasteiger partial charge on any atom is -0.503 e. The lowest BCUT2D eigenvalue weighted by Gasteiger charge is -2.05. The summed E-state index contributed by atoms with van der Waals surface area (Å²) < 4.78 is 0. The summed E-state index contributed by atoms with van der Waals surface area (Å²) in [5, 5.41) is 11.3. The molecule has 1 atom stereocenters. The van der Waals surface area contributed by atoms with Gasteiger partial charge in [0.15, 0.2) is 5.75 Å². The molecule has 1 aromatic carbocycles. The Labute approximate surface area is 107 Å². The number of H-pyrrole nitrogens is 1. The van der Waals surface area contributed by atoms with Gasteiger partial charge in [-0.1, -0.05) is 11.6 Å². The average Bonchev–Trinajstić information content (AvgIpc) is 2.30. The van der Waals surface area contributed by atoms with Crippen LogP contribution < -0.4 is 5.56 Å². The first-order chi connectivity index (χ1) is 8.04. The number of hydrogen-bond acceptors (Lipinski definition) is 2. The van der Waals surface area contributed by atoms with Crippen molar-refractivity contribution in [1.29, 1.82) is 0 Å². The van der Waals surface area contributed by atoms with E-state index in [0.717, 1.165) is 5.75 Å². The summed E-state index contributed by atoms with van der Waals surface area (Å²) in [4.78, 5) is 15.1. The molecule has 0 radical (unpaired) electrons. The molecule has 3 nitrogen and oxygen atoms in total. The molecule has 2 aromatic rings. The molecule has 0 bridgehead atoms. The van der Waals surface area contributed by atoms with Gasteiger partial charge in [0.05, 0.1) is 5.52 Å². The van der Waals surface area contributed by atoms with Gasteiger partial charge < -0.3 is 10.1 Å². The molecule has 1 heterocycles. The number of aromatic amines is 1. The normalized spacial score (nSPS) is 12.9. The van der Waals surface area contributed by atoms with Gasteiger partial charge in [0.2, 0.25) is 0 Å². The lowest BCUT2D eigenvalue weighted by Crippen LogP contribution is -2.18. The van der Waals surface area contributed by atoms with E-state index in [1.54, 1.807) is 18.2 Å². The maximum absolute atomic E-state index is 11.9. The minimum absolute atomic E-state index is 0.0546. The molecule has 0 aliphatic heterocycles. The van der Waals surface area contributed by atoms with E-state index in [2.05, 4.69) is 4.98 Å². The summed E-state index contributed by atoms with van der Waals surface area (Å²) in [5.74, 6) is 0.877. The molecule has 0 saturated carbocycles. The molecule has 90 valence electrons. The van der Waals surface area contributed by atoms with E-state index in [1.807, 2.05) is 13.2 Å². The zero-order valence-electron chi connectivity index (χ0n) is 9.58. The van der Waals surface area contributed by atoms with E-state index >= 15 is 0 Å². The molecule has 5 heteroatoms. The fourth-order valence-corrected chi connectivity index (χ4v) is 2.97. The highest BCUT2D eigenvalue weighted by Gasteiger charge is 2.25. The third kappa shape index (κ3) is 2.15. The molecule has 2 N–H and O–H groups in total. The smallest absolute Gasteiger partial charge is 0.307 e. The van der Waals surface area contributed by atoms with Crippen molar-refractivity contribution in [3.05, 3.63) is 33.6 Å². The van der Waals surface area contributed by atoms with Crippen LogP contribution >= 0.6 is 11.6 Å². The highest BCUT2D eigenvalue weighted by atomic mass is 35.5. The maximum Gasteiger partial charge on any atom is 0.307 e. The Hall–Kier alpha value is -1.13. The lowest BCUT2D eigenvalue weighted by molar-refractivity contribution is 0.466. The molecule has 2 rings (SSSR count). The second-order valence-electron chi connectivity index (χ2n) is 3.75. The Morgan fingerprint density at radius 1 is 1.47 bits per heavy atom. The number of aromatic hydroxyl groups is 1. The monoisotopic (exact) mass is 270 g/mol. The van der Waals surface area contributed by atoms with Crippen LogP contribution in [0.5, 0.6) is 5.75 Å². The Balaban J connectivity index is 2.82. The third-order valence-electron chi connectivity index (χ3n) is 2.69. The topological polar surface area (TPSA) is 53.1 Å². The fourth-order valence-electron chi connectivity index (χ4n) is 1.70. The molecule has 17 heavy (non-hydrogen) atoms. The van der Waals surface area contributed by atoms with E-state index in [1.165, 1.54) is 0 Å². The van der Waals surface area contributed by atoms with Crippen molar-refractivity contribution in [3.63, 3.8) is 0 Å². The van der Waals surface area contributed by atoms with Crippen molar-refractivity contribution >= 4 is 33.4 Å². The molecule has 0 amide bonds. The number of benzene rings is 1. The van der Waals surface area contributed by atoms with Gasteiger partial charge in [-0.3, -0.25) is 4.79 Å². The second-order valence-corrected chi connectivity index (χ2v) is 6.44. The van der Waals surface area contributed by atoms with Crippen molar-refractivity contribution in [3.8, 4) is 5.75 Å². The average molecular weight is 271 g/mol.